The second kappa shape index (κ2) is 5.63. The van der Waals surface area contributed by atoms with Gasteiger partial charge in [0.25, 0.3) is 5.56 Å². The first-order valence-corrected chi connectivity index (χ1v) is 6.61. The summed E-state index contributed by atoms with van der Waals surface area (Å²) in [5, 5.41) is 4.32. The van der Waals surface area contributed by atoms with Gasteiger partial charge >= 0.3 is 0 Å². The van der Waals surface area contributed by atoms with E-state index < -0.39 is 0 Å². The first-order valence-electron chi connectivity index (χ1n) is 6.61. The van der Waals surface area contributed by atoms with Crippen LogP contribution in [0.1, 0.15) is 0 Å². The summed E-state index contributed by atoms with van der Waals surface area (Å²) >= 11 is 0. The number of hydrogen-bond donors (Lipinski definition) is 0. The Morgan fingerprint density at radius 3 is 2.24 bits per heavy atom. The number of para-hydroxylation sites is 1. The van der Waals surface area contributed by atoms with Gasteiger partial charge in [0.15, 0.2) is 5.75 Å². The molecule has 1 aromatic heterocycles. The molecule has 0 radical (unpaired) electrons. The first kappa shape index (κ1) is 13.1. The summed E-state index contributed by atoms with van der Waals surface area (Å²) in [6, 6.07) is 20.5. The maximum Gasteiger partial charge on any atom is 0.270 e. The standard InChI is InChI=1S/C17H14N2O2/c1-19-16(20)12-15(21-14-10-6-3-7-11-14)17(18-19)13-8-4-2-5-9-13/h2-12H,1H3. The van der Waals surface area contributed by atoms with Crippen molar-refractivity contribution in [2.24, 2.45) is 7.05 Å². The molecule has 1 heterocycles. The Bertz CT molecular complexity index is 796. The molecule has 0 saturated heterocycles. The number of nitrogens with zero attached hydrogens (tertiary/aromatic N) is 2. The lowest BCUT2D eigenvalue weighted by Gasteiger charge is -2.11. The van der Waals surface area contributed by atoms with Crippen LogP contribution < -0.4 is 10.3 Å². The lowest BCUT2D eigenvalue weighted by atomic mass is 10.1. The SMILES string of the molecule is Cn1nc(-c2ccccc2)c(Oc2ccccc2)cc1=O. The normalized spacial score (nSPS) is 10.3. The number of rotatable bonds is 3. The minimum Gasteiger partial charge on any atom is -0.455 e. The Balaban J connectivity index is 2.11. The molecule has 0 aliphatic rings. The molecule has 21 heavy (non-hydrogen) atoms. The van der Waals surface area contributed by atoms with Crippen LogP contribution in [0.15, 0.2) is 71.5 Å². The summed E-state index contributed by atoms with van der Waals surface area (Å²) in [6.07, 6.45) is 0. The van der Waals surface area contributed by atoms with E-state index in [-0.39, 0.29) is 5.56 Å². The predicted octanol–water partition coefficient (Wildman–Crippen LogP) is 3.24. The van der Waals surface area contributed by atoms with E-state index in [1.54, 1.807) is 7.05 Å². The number of benzene rings is 2. The molecule has 104 valence electrons. The van der Waals surface area contributed by atoms with Crippen molar-refractivity contribution in [3.05, 3.63) is 77.1 Å². The summed E-state index contributed by atoms with van der Waals surface area (Å²) in [4.78, 5) is 11.8. The quantitative estimate of drug-likeness (QED) is 0.738. The molecule has 0 atom stereocenters. The second-order valence-corrected chi connectivity index (χ2v) is 4.60. The zero-order valence-electron chi connectivity index (χ0n) is 11.6. The van der Waals surface area contributed by atoms with E-state index in [4.69, 9.17) is 4.74 Å². The molecule has 0 N–H and O–H groups in total. The van der Waals surface area contributed by atoms with E-state index in [1.807, 2.05) is 60.7 Å². The van der Waals surface area contributed by atoms with E-state index in [1.165, 1.54) is 10.7 Å². The molecule has 0 bridgehead atoms. The molecule has 0 fully saturated rings. The molecule has 4 heteroatoms. The summed E-state index contributed by atoms with van der Waals surface area (Å²) in [5.41, 5.74) is 1.33. The second-order valence-electron chi connectivity index (χ2n) is 4.60. The van der Waals surface area contributed by atoms with Crippen LogP contribution in [-0.2, 0) is 7.05 Å². The molecule has 0 aliphatic heterocycles. The van der Waals surface area contributed by atoms with Crippen molar-refractivity contribution in [1.29, 1.82) is 0 Å². The maximum absolute atomic E-state index is 11.8. The van der Waals surface area contributed by atoms with Gasteiger partial charge in [-0.3, -0.25) is 4.79 Å². The molecule has 2 aromatic carbocycles. The molecule has 0 aliphatic carbocycles. The van der Waals surface area contributed by atoms with Crippen molar-refractivity contribution < 1.29 is 4.74 Å². The van der Waals surface area contributed by atoms with Gasteiger partial charge in [-0.25, -0.2) is 4.68 Å². The van der Waals surface area contributed by atoms with Crippen molar-refractivity contribution >= 4 is 0 Å². The average molecular weight is 278 g/mol. The summed E-state index contributed by atoms with van der Waals surface area (Å²) < 4.78 is 7.13. The Morgan fingerprint density at radius 1 is 0.952 bits per heavy atom. The fraction of sp³-hybridized carbons (Fsp3) is 0.0588. The van der Waals surface area contributed by atoms with E-state index in [0.29, 0.717) is 17.2 Å². The van der Waals surface area contributed by atoms with Crippen LogP contribution in [0.3, 0.4) is 0 Å². The van der Waals surface area contributed by atoms with Crippen molar-refractivity contribution in [2.75, 3.05) is 0 Å². The number of aromatic nitrogens is 2. The van der Waals surface area contributed by atoms with Gasteiger partial charge in [-0.05, 0) is 12.1 Å². The number of ether oxygens (including phenoxy) is 1. The minimum absolute atomic E-state index is 0.208. The van der Waals surface area contributed by atoms with Gasteiger partial charge in [0, 0.05) is 12.6 Å². The molecule has 0 saturated carbocycles. The number of hydrogen-bond acceptors (Lipinski definition) is 3. The largest absolute Gasteiger partial charge is 0.455 e. The van der Waals surface area contributed by atoms with Crippen LogP contribution in [0, 0.1) is 0 Å². The third kappa shape index (κ3) is 2.84. The van der Waals surface area contributed by atoms with Gasteiger partial charge in [-0.15, -0.1) is 0 Å². The topological polar surface area (TPSA) is 44.1 Å². The molecule has 4 nitrogen and oxygen atoms in total. The van der Waals surface area contributed by atoms with Crippen molar-refractivity contribution in [2.45, 2.75) is 0 Å². The summed E-state index contributed by atoms with van der Waals surface area (Å²) in [5.74, 6) is 1.13. The molecular weight excluding hydrogens is 264 g/mol. The van der Waals surface area contributed by atoms with Crippen LogP contribution in [0.25, 0.3) is 11.3 Å². The maximum atomic E-state index is 11.8. The first-order chi connectivity index (χ1) is 10.2. The van der Waals surface area contributed by atoms with Crippen molar-refractivity contribution in [3.8, 4) is 22.8 Å². The average Bonchev–Trinajstić information content (AvgIpc) is 2.52. The van der Waals surface area contributed by atoms with Crippen molar-refractivity contribution in [1.82, 2.24) is 9.78 Å². The summed E-state index contributed by atoms with van der Waals surface area (Å²) in [7, 11) is 1.63. The lowest BCUT2D eigenvalue weighted by Crippen LogP contribution is -2.19. The van der Waals surface area contributed by atoms with Crippen molar-refractivity contribution in [3.63, 3.8) is 0 Å². The van der Waals surface area contributed by atoms with Crippen LogP contribution in [0.2, 0.25) is 0 Å². The Kier molecular flexibility index (Phi) is 3.51. The highest BCUT2D eigenvalue weighted by Crippen LogP contribution is 2.29. The molecule has 3 aromatic rings. The third-order valence-corrected chi connectivity index (χ3v) is 3.08. The Labute approximate surface area is 122 Å². The zero-order chi connectivity index (χ0) is 14.7. The van der Waals surface area contributed by atoms with E-state index in [2.05, 4.69) is 5.10 Å². The van der Waals surface area contributed by atoms with Gasteiger partial charge in [-0.2, -0.15) is 5.10 Å². The molecular formula is C17H14N2O2. The van der Waals surface area contributed by atoms with Crippen LogP contribution in [-0.4, -0.2) is 9.78 Å². The third-order valence-electron chi connectivity index (χ3n) is 3.08. The van der Waals surface area contributed by atoms with Crippen LogP contribution >= 0.6 is 0 Å². The fourth-order valence-corrected chi connectivity index (χ4v) is 2.01. The Hall–Kier alpha value is -2.88. The zero-order valence-corrected chi connectivity index (χ0v) is 11.6. The Morgan fingerprint density at radius 2 is 1.57 bits per heavy atom. The molecule has 0 unspecified atom stereocenters. The van der Waals surface area contributed by atoms with E-state index >= 15 is 0 Å². The fourth-order valence-electron chi connectivity index (χ4n) is 2.01. The van der Waals surface area contributed by atoms with Gasteiger partial charge < -0.3 is 4.74 Å². The molecule has 0 amide bonds. The highest BCUT2D eigenvalue weighted by molar-refractivity contribution is 5.65. The van der Waals surface area contributed by atoms with Gasteiger partial charge in [0.2, 0.25) is 0 Å². The number of aryl methyl sites for hydroxylation is 1. The van der Waals surface area contributed by atoms with Gasteiger partial charge in [0.05, 0.1) is 6.07 Å². The highest BCUT2D eigenvalue weighted by Gasteiger charge is 2.11. The minimum atomic E-state index is -0.208. The monoisotopic (exact) mass is 278 g/mol. The highest BCUT2D eigenvalue weighted by atomic mass is 16.5. The van der Waals surface area contributed by atoms with Crippen LogP contribution in [0.5, 0.6) is 11.5 Å². The smallest absolute Gasteiger partial charge is 0.270 e. The van der Waals surface area contributed by atoms with Gasteiger partial charge in [0.1, 0.15) is 11.4 Å². The van der Waals surface area contributed by atoms with Crippen LogP contribution in [0.4, 0.5) is 0 Å². The lowest BCUT2D eigenvalue weighted by molar-refractivity contribution is 0.475. The summed E-state index contributed by atoms with van der Waals surface area (Å²) in [6.45, 7) is 0. The predicted molar refractivity (Wildman–Crippen MR) is 81.4 cm³/mol. The van der Waals surface area contributed by atoms with Gasteiger partial charge in [-0.1, -0.05) is 48.5 Å². The molecule has 0 spiro atoms. The van der Waals surface area contributed by atoms with E-state index in [9.17, 15) is 4.79 Å². The van der Waals surface area contributed by atoms with E-state index in [0.717, 1.165) is 5.56 Å². The molecule has 3 rings (SSSR count).